The van der Waals surface area contributed by atoms with Crippen LogP contribution < -0.4 is 11.1 Å². The van der Waals surface area contributed by atoms with Crippen LogP contribution in [0.25, 0.3) is 0 Å². The second-order valence-corrected chi connectivity index (χ2v) is 6.45. The quantitative estimate of drug-likeness (QED) is 0.667. The Balaban J connectivity index is 2.51. The number of carboxylic acid groups (broad SMARTS) is 1. The normalized spacial score (nSPS) is 22.8. The minimum atomic E-state index is -0.980. The van der Waals surface area contributed by atoms with Crippen LogP contribution in [0.1, 0.15) is 33.1 Å². The largest absolute Gasteiger partial charge is 0.480 e. The molecule has 6 heteroatoms. The van der Waals surface area contributed by atoms with E-state index in [-0.39, 0.29) is 11.8 Å². The monoisotopic (exact) mass is 274 g/mol. The van der Waals surface area contributed by atoms with Gasteiger partial charge < -0.3 is 16.2 Å². The Hall–Kier alpha value is -0.750. The zero-order valence-electron chi connectivity index (χ0n) is 10.9. The molecule has 0 aromatic rings. The van der Waals surface area contributed by atoms with Gasteiger partial charge in [0, 0.05) is 5.25 Å². The molecule has 4 N–H and O–H groups in total. The van der Waals surface area contributed by atoms with Gasteiger partial charge in [0.2, 0.25) is 5.91 Å². The molecule has 1 heterocycles. The maximum Gasteiger partial charge on any atom is 0.326 e. The number of rotatable bonds is 6. The molecule has 18 heavy (non-hydrogen) atoms. The van der Waals surface area contributed by atoms with Crippen LogP contribution in [-0.2, 0) is 9.59 Å². The SMILES string of the molecule is CC(C)[C@H](N)C(=O)N[C@@H](C[C@H]1CCCS1)C(=O)O. The van der Waals surface area contributed by atoms with Crippen molar-refractivity contribution in [2.75, 3.05) is 5.75 Å². The van der Waals surface area contributed by atoms with Gasteiger partial charge in [-0.25, -0.2) is 4.79 Å². The number of nitrogens with one attached hydrogen (secondary N) is 1. The van der Waals surface area contributed by atoms with Crippen molar-refractivity contribution >= 4 is 23.6 Å². The number of thioether (sulfide) groups is 1. The highest BCUT2D eigenvalue weighted by Crippen LogP contribution is 2.29. The average Bonchev–Trinajstić information content (AvgIpc) is 2.79. The predicted octanol–water partition coefficient (Wildman–Crippen LogP) is 0.825. The van der Waals surface area contributed by atoms with Crippen LogP contribution in [0, 0.1) is 5.92 Å². The molecular weight excluding hydrogens is 252 g/mol. The molecule has 5 nitrogen and oxygen atoms in total. The van der Waals surface area contributed by atoms with Gasteiger partial charge in [-0.3, -0.25) is 4.79 Å². The van der Waals surface area contributed by atoms with Crippen LogP contribution in [0.4, 0.5) is 0 Å². The van der Waals surface area contributed by atoms with Crippen molar-refractivity contribution in [2.24, 2.45) is 11.7 Å². The number of hydrogen-bond donors (Lipinski definition) is 3. The zero-order valence-corrected chi connectivity index (χ0v) is 11.7. The Kier molecular flexibility index (Phi) is 5.95. The zero-order chi connectivity index (χ0) is 13.7. The van der Waals surface area contributed by atoms with E-state index in [0.29, 0.717) is 11.7 Å². The highest BCUT2D eigenvalue weighted by Gasteiger charge is 2.28. The molecule has 1 rings (SSSR count). The average molecular weight is 274 g/mol. The van der Waals surface area contributed by atoms with E-state index in [1.165, 1.54) is 0 Å². The fraction of sp³-hybridized carbons (Fsp3) is 0.833. The second kappa shape index (κ2) is 6.99. The van der Waals surface area contributed by atoms with Gasteiger partial charge in [-0.05, 0) is 30.9 Å². The molecule has 1 fully saturated rings. The molecule has 0 aliphatic carbocycles. The smallest absolute Gasteiger partial charge is 0.326 e. The van der Waals surface area contributed by atoms with Gasteiger partial charge in [0.25, 0.3) is 0 Å². The molecule has 1 aliphatic rings. The summed E-state index contributed by atoms with van der Waals surface area (Å²) in [5.74, 6) is -0.274. The van der Waals surface area contributed by atoms with Crippen molar-refractivity contribution < 1.29 is 14.7 Å². The van der Waals surface area contributed by atoms with Gasteiger partial charge in [0.15, 0.2) is 0 Å². The molecule has 1 saturated heterocycles. The lowest BCUT2D eigenvalue weighted by molar-refractivity contribution is -0.142. The third-order valence-electron chi connectivity index (χ3n) is 3.16. The summed E-state index contributed by atoms with van der Waals surface area (Å²) in [7, 11) is 0. The molecule has 104 valence electrons. The highest BCUT2D eigenvalue weighted by atomic mass is 32.2. The fourth-order valence-electron chi connectivity index (χ4n) is 1.89. The predicted molar refractivity (Wildman–Crippen MR) is 72.5 cm³/mol. The molecule has 0 aromatic heterocycles. The van der Waals surface area contributed by atoms with Crippen LogP contribution in [0.2, 0.25) is 0 Å². The molecule has 0 bridgehead atoms. The Bertz CT molecular complexity index is 304. The number of hydrogen-bond acceptors (Lipinski definition) is 4. The van der Waals surface area contributed by atoms with Gasteiger partial charge in [-0.15, -0.1) is 0 Å². The minimum Gasteiger partial charge on any atom is -0.480 e. The van der Waals surface area contributed by atoms with Gasteiger partial charge >= 0.3 is 5.97 Å². The number of carbonyl (C=O) groups is 2. The van der Waals surface area contributed by atoms with Crippen LogP contribution >= 0.6 is 11.8 Å². The van der Waals surface area contributed by atoms with E-state index in [2.05, 4.69) is 5.32 Å². The molecule has 3 atom stereocenters. The second-order valence-electron chi connectivity index (χ2n) is 5.04. The fourth-order valence-corrected chi connectivity index (χ4v) is 3.21. The van der Waals surface area contributed by atoms with Crippen LogP contribution in [0.5, 0.6) is 0 Å². The number of nitrogens with two attached hydrogens (primary N) is 1. The lowest BCUT2D eigenvalue weighted by Gasteiger charge is -2.21. The van der Waals surface area contributed by atoms with E-state index in [1.807, 2.05) is 13.8 Å². The van der Waals surface area contributed by atoms with Gasteiger partial charge in [-0.2, -0.15) is 11.8 Å². The van der Waals surface area contributed by atoms with E-state index in [9.17, 15) is 9.59 Å². The Labute approximate surface area is 112 Å². The minimum absolute atomic E-state index is 0.000278. The number of amides is 1. The number of carbonyl (C=O) groups excluding carboxylic acids is 1. The summed E-state index contributed by atoms with van der Waals surface area (Å²) in [6.45, 7) is 3.68. The first-order valence-electron chi connectivity index (χ1n) is 6.32. The molecule has 0 spiro atoms. The van der Waals surface area contributed by atoms with E-state index in [4.69, 9.17) is 10.8 Å². The lowest BCUT2D eigenvalue weighted by Crippen LogP contribution is -2.50. The van der Waals surface area contributed by atoms with Gasteiger partial charge in [0.1, 0.15) is 6.04 Å². The van der Waals surface area contributed by atoms with E-state index < -0.39 is 18.1 Å². The number of aliphatic carboxylic acids is 1. The molecule has 1 amide bonds. The summed E-state index contributed by atoms with van der Waals surface area (Å²) in [5.41, 5.74) is 5.71. The Morgan fingerprint density at radius 1 is 1.50 bits per heavy atom. The lowest BCUT2D eigenvalue weighted by atomic mass is 10.0. The Morgan fingerprint density at radius 2 is 2.17 bits per heavy atom. The van der Waals surface area contributed by atoms with Crippen molar-refractivity contribution in [3.8, 4) is 0 Å². The summed E-state index contributed by atoms with van der Waals surface area (Å²) in [5, 5.41) is 12.0. The first kappa shape index (κ1) is 15.3. The highest BCUT2D eigenvalue weighted by molar-refractivity contribution is 8.00. The standard InChI is InChI=1S/C12H22N2O3S/c1-7(2)10(13)11(15)14-9(12(16)17)6-8-4-3-5-18-8/h7-10H,3-6,13H2,1-2H3,(H,14,15)(H,16,17)/t8-,9+,10+/m1/s1. The molecule has 0 saturated carbocycles. The van der Waals surface area contributed by atoms with Gasteiger partial charge in [-0.1, -0.05) is 13.8 Å². The van der Waals surface area contributed by atoms with Crippen LogP contribution in [-0.4, -0.2) is 40.1 Å². The van der Waals surface area contributed by atoms with Crippen molar-refractivity contribution in [3.63, 3.8) is 0 Å². The third-order valence-corrected chi connectivity index (χ3v) is 4.58. The van der Waals surface area contributed by atoms with Crippen molar-refractivity contribution in [1.82, 2.24) is 5.32 Å². The summed E-state index contributed by atoms with van der Waals surface area (Å²) in [4.78, 5) is 22.9. The summed E-state index contributed by atoms with van der Waals surface area (Å²) < 4.78 is 0. The summed E-state index contributed by atoms with van der Waals surface area (Å²) in [6, 6.07) is -1.47. The van der Waals surface area contributed by atoms with E-state index >= 15 is 0 Å². The maximum atomic E-state index is 11.8. The van der Waals surface area contributed by atoms with Crippen LogP contribution in [0.3, 0.4) is 0 Å². The molecule has 0 unspecified atom stereocenters. The first-order chi connectivity index (χ1) is 8.41. The summed E-state index contributed by atoms with van der Waals surface area (Å²) in [6.07, 6.45) is 2.64. The van der Waals surface area contributed by atoms with E-state index in [1.54, 1.807) is 11.8 Å². The van der Waals surface area contributed by atoms with Crippen molar-refractivity contribution in [3.05, 3.63) is 0 Å². The molecular formula is C12H22N2O3S. The maximum absolute atomic E-state index is 11.8. The molecule has 0 aromatic carbocycles. The first-order valence-corrected chi connectivity index (χ1v) is 7.37. The van der Waals surface area contributed by atoms with Crippen molar-refractivity contribution in [1.29, 1.82) is 0 Å². The molecule has 0 radical (unpaired) electrons. The van der Waals surface area contributed by atoms with Gasteiger partial charge in [0.05, 0.1) is 6.04 Å². The van der Waals surface area contributed by atoms with Crippen molar-refractivity contribution in [2.45, 2.75) is 50.4 Å². The summed E-state index contributed by atoms with van der Waals surface area (Å²) >= 11 is 1.78. The topological polar surface area (TPSA) is 92.4 Å². The van der Waals surface area contributed by atoms with Crippen LogP contribution in [0.15, 0.2) is 0 Å². The Morgan fingerprint density at radius 3 is 2.61 bits per heavy atom. The van der Waals surface area contributed by atoms with E-state index in [0.717, 1.165) is 18.6 Å². The molecule has 1 aliphatic heterocycles. The number of carboxylic acids is 1. The third kappa shape index (κ3) is 4.49.